The normalized spacial score (nSPS) is 30.5. The van der Waals surface area contributed by atoms with Crippen molar-refractivity contribution in [1.82, 2.24) is 9.80 Å². The number of halogens is 3. The van der Waals surface area contributed by atoms with Crippen LogP contribution in [0.1, 0.15) is 48.4 Å². The van der Waals surface area contributed by atoms with Gasteiger partial charge >= 0.3 is 12.1 Å². The van der Waals surface area contributed by atoms with E-state index in [9.17, 15) is 27.9 Å². The van der Waals surface area contributed by atoms with E-state index in [1.807, 2.05) is 13.1 Å². The fourth-order valence-electron chi connectivity index (χ4n) is 7.62. The minimum atomic E-state index is -4.48. The number of aliphatic hydroxyl groups is 1. The van der Waals surface area contributed by atoms with E-state index < -0.39 is 40.9 Å². The van der Waals surface area contributed by atoms with Crippen molar-refractivity contribution in [2.75, 3.05) is 20.6 Å². The molecule has 1 saturated carbocycles. The number of nitrogens with zero attached hydrogens (tertiary/aromatic N) is 2. The molecule has 2 aliphatic carbocycles. The first kappa shape index (κ1) is 26.8. The molecule has 2 heterocycles. The maximum Gasteiger partial charge on any atom is 0.416 e. The molecule has 0 aromatic heterocycles. The molecule has 2 aromatic rings. The van der Waals surface area contributed by atoms with Crippen LogP contribution in [0.4, 0.5) is 13.2 Å². The number of benzene rings is 2. The zero-order valence-corrected chi connectivity index (χ0v) is 22.5. The number of alkyl halides is 3. The van der Waals surface area contributed by atoms with Crippen LogP contribution in [0.2, 0.25) is 0 Å². The molecule has 4 aliphatic rings. The van der Waals surface area contributed by atoms with Crippen molar-refractivity contribution in [2.24, 2.45) is 0 Å². The van der Waals surface area contributed by atoms with Gasteiger partial charge < -0.3 is 24.4 Å². The van der Waals surface area contributed by atoms with E-state index >= 15 is 0 Å². The number of amides is 1. The minimum Gasteiger partial charge on any atom is -0.483 e. The van der Waals surface area contributed by atoms with Gasteiger partial charge in [-0.2, -0.15) is 13.2 Å². The highest BCUT2D eigenvalue weighted by Crippen LogP contribution is 2.65. The SMILES string of the molecule is CC(=O)Oc1ccc2c3c1OC1C(N(C)C(=O)/C=C/c4cccc(C(F)(F)F)c4)CC[C@@]4(O)[C@@H](C2)N(C)CC[C@]314. The molecule has 2 aliphatic heterocycles. The fourth-order valence-corrected chi connectivity index (χ4v) is 7.62. The summed E-state index contributed by atoms with van der Waals surface area (Å²) in [6.07, 6.45) is -0.284. The van der Waals surface area contributed by atoms with Crippen molar-refractivity contribution < 1.29 is 37.3 Å². The second kappa shape index (κ2) is 9.07. The summed E-state index contributed by atoms with van der Waals surface area (Å²) < 4.78 is 51.5. The number of esters is 1. The Morgan fingerprint density at radius 1 is 1.23 bits per heavy atom. The molecule has 40 heavy (non-hydrogen) atoms. The van der Waals surface area contributed by atoms with E-state index in [4.69, 9.17) is 9.47 Å². The maximum atomic E-state index is 13.4. The molecule has 1 N–H and O–H groups in total. The van der Waals surface area contributed by atoms with E-state index in [0.717, 1.165) is 29.8 Å². The molecule has 5 atom stereocenters. The maximum absolute atomic E-state index is 13.4. The van der Waals surface area contributed by atoms with Gasteiger partial charge in [-0.15, -0.1) is 0 Å². The number of carbonyl (C=O) groups is 2. The molecule has 2 fully saturated rings. The third-order valence-corrected chi connectivity index (χ3v) is 9.41. The Kier molecular flexibility index (Phi) is 6.09. The van der Waals surface area contributed by atoms with Gasteiger partial charge in [0, 0.05) is 31.7 Å². The number of hydrogen-bond acceptors (Lipinski definition) is 6. The summed E-state index contributed by atoms with van der Waals surface area (Å²) >= 11 is 0. The van der Waals surface area contributed by atoms with E-state index in [2.05, 4.69) is 4.90 Å². The highest BCUT2D eigenvalue weighted by molar-refractivity contribution is 5.92. The third-order valence-electron chi connectivity index (χ3n) is 9.41. The molecule has 1 spiro atoms. The summed E-state index contributed by atoms with van der Waals surface area (Å²) in [7, 11) is 3.67. The lowest BCUT2D eigenvalue weighted by molar-refractivity contribution is -0.195. The molecule has 2 bridgehead atoms. The van der Waals surface area contributed by atoms with Crippen molar-refractivity contribution in [3.63, 3.8) is 0 Å². The van der Waals surface area contributed by atoms with Gasteiger partial charge in [0.2, 0.25) is 5.91 Å². The number of likely N-dealkylation sites (N-methyl/N-ethyl adjacent to an activating group) is 2. The van der Waals surface area contributed by atoms with Crippen molar-refractivity contribution >= 4 is 18.0 Å². The smallest absolute Gasteiger partial charge is 0.416 e. The molecule has 2 aromatic carbocycles. The molecule has 2 unspecified atom stereocenters. The predicted octanol–water partition coefficient (Wildman–Crippen LogP) is 3.96. The lowest BCUT2D eigenvalue weighted by Gasteiger charge is -2.64. The highest BCUT2D eigenvalue weighted by Gasteiger charge is 2.73. The van der Waals surface area contributed by atoms with E-state index in [-0.39, 0.29) is 17.5 Å². The number of carbonyl (C=O) groups excluding carboxylic acids is 2. The fraction of sp³-hybridized carbons (Fsp3) is 0.467. The minimum absolute atomic E-state index is 0.131. The Labute approximate surface area is 230 Å². The number of ether oxygens (including phenoxy) is 2. The molecule has 1 amide bonds. The van der Waals surface area contributed by atoms with Crippen molar-refractivity contribution in [1.29, 1.82) is 0 Å². The van der Waals surface area contributed by atoms with Crippen LogP contribution in [0, 0.1) is 0 Å². The molecule has 6 rings (SSSR count). The number of rotatable bonds is 4. The number of hydrogen-bond donors (Lipinski definition) is 1. The molecule has 7 nitrogen and oxygen atoms in total. The second-order valence-corrected chi connectivity index (χ2v) is 11.4. The first-order valence-electron chi connectivity index (χ1n) is 13.4. The molecular formula is C30H31F3N2O5. The summed E-state index contributed by atoms with van der Waals surface area (Å²) in [5, 5.41) is 12.4. The van der Waals surface area contributed by atoms with E-state index in [1.54, 1.807) is 18.0 Å². The summed E-state index contributed by atoms with van der Waals surface area (Å²) in [5.41, 5.74) is -0.523. The van der Waals surface area contributed by atoms with Crippen LogP contribution in [-0.2, 0) is 27.6 Å². The average Bonchev–Trinajstić information content (AvgIpc) is 3.25. The highest BCUT2D eigenvalue weighted by atomic mass is 19.4. The van der Waals surface area contributed by atoms with Gasteiger partial charge in [-0.05, 0) is 74.7 Å². The largest absolute Gasteiger partial charge is 0.483 e. The lowest BCUT2D eigenvalue weighted by Crippen LogP contribution is -2.77. The summed E-state index contributed by atoms with van der Waals surface area (Å²) in [4.78, 5) is 29.0. The first-order valence-corrected chi connectivity index (χ1v) is 13.4. The molecule has 212 valence electrons. The summed E-state index contributed by atoms with van der Waals surface area (Å²) in [6.45, 7) is 2.05. The van der Waals surface area contributed by atoms with Gasteiger partial charge in [-0.25, -0.2) is 0 Å². The van der Waals surface area contributed by atoms with E-state index in [1.165, 1.54) is 31.2 Å². The van der Waals surface area contributed by atoms with Crippen LogP contribution in [-0.4, -0.2) is 71.2 Å². The summed E-state index contributed by atoms with van der Waals surface area (Å²) in [5.74, 6) is -0.120. The number of piperidine rings is 1. The van der Waals surface area contributed by atoms with Crippen LogP contribution in [0.5, 0.6) is 11.5 Å². The Hall–Kier alpha value is -3.37. The molecule has 0 radical (unpaired) electrons. The topological polar surface area (TPSA) is 79.3 Å². The first-order chi connectivity index (χ1) is 18.9. The van der Waals surface area contributed by atoms with Crippen molar-refractivity contribution in [3.8, 4) is 11.5 Å². The van der Waals surface area contributed by atoms with Gasteiger partial charge in [0.25, 0.3) is 0 Å². The zero-order chi connectivity index (χ0) is 28.6. The third kappa shape index (κ3) is 3.79. The van der Waals surface area contributed by atoms with Gasteiger partial charge in [-0.1, -0.05) is 18.2 Å². The molecular weight excluding hydrogens is 525 g/mol. The van der Waals surface area contributed by atoms with Crippen LogP contribution >= 0.6 is 0 Å². The van der Waals surface area contributed by atoms with Gasteiger partial charge in [-0.3, -0.25) is 9.59 Å². The number of likely N-dealkylation sites (tertiary alicyclic amines) is 1. The van der Waals surface area contributed by atoms with Gasteiger partial charge in [0.1, 0.15) is 6.10 Å². The van der Waals surface area contributed by atoms with Crippen LogP contribution < -0.4 is 9.47 Å². The van der Waals surface area contributed by atoms with Crippen LogP contribution in [0.25, 0.3) is 6.08 Å². The van der Waals surface area contributed by atoms with Gasteiger partial charge in [0.05, 0.1) is 22.6 Å². The van der Waals surface area contributed by atoms with Crippen molar-refractivity contribution in [3.05, 3.63) is 64.7 Å². The van der Waals surface area contributed by atoms with E-state index in [0.29, 0.717) is 37.2 Å². The standard InChI is InChI=1S/C30H31F3N2O5/c1-17(36)39-22-9-8-19-16-23-29(38)12-11-21(27-28(29,13-14-34(23)2)25(19)26(22)40-27)35(3)24(37)10-7-18-5-4-6-20(15-18)30(31,32)33/h4-10,15,21,23,27,38H,11-14,16H2,1-3H3/b10-7+/t21?,23-,27?,28+,29-/m1/s1. The molecule has 10 heteroatoms. The Balaban J connectivity index is 1.36. The lowest BCUT2D eigenvalue weighted by atomic mass is 9.48. The van der Waals surface area contributed by atoms with Gasteiger partial charge in [0.15, 0.2) is 11.5 Å². The second-order valence-electron chi connectivity index (χ2n) is 11.4. The zero-order valence-electron chi connectivity index (χ0n) is 22.5. The Morgan fingerprint density at radius 3 is 2.73 bits per heavy atom. The Morgan fingerprint density at radius 2 is 2.00 bits per heavy atom. The van der Waals surface area contributed by atoms with Crippen molar-refractivity contribution in [2.45, 2.75) is 68.0 Å². The quantitative estimate of drug-likeness (QED) is 0.349. The summed E-state index contributed by atoms with van der Waals surface area (Å²) in [6, 6.07) is 7.91. The molecule has 1 saturated heterocycles. The van der Waals surface area contributed by atoms with Crippen LogP contribution in [0.3, 0.4) is 0 Å². The average molecular weight is 557 g/mol. The Bertz CT molecular complexity index is 1420. The monoisotopic (exact) mass is 556 g/mol. The predicted molar refractivity (Wildman–Crippen MR) is 140 cm³/mol. The van der Waals surface area contributed by atoms with Crippen LogP contribution in [0.15, 0.2) is 42.5 Å².